The molecule has 1 aromatic heterocycles. The average Bonchev–Trinajstić information content (AvgIpc) is 3.13. The van der Waals surface area contributed by atoms with Gasteiger partial charge in [0.25, 0.3) is 0 Å². The molecular weight excluding hydrogens is 414 g/mol. The summed E-state index contributed by atoms with van der Waals surface area (Å²) in [5, 5.41) is 9.87. The molecule has 0 saturated carbocycles. The standard InChI is InChI=1S/C19H20ClN5O3S/c1-13-22-19(25-24-13)18(14-7-3-2-4-8-14)23-17(26)11-12-21-29(27,28)16-10-6-5-9-15(16)20/h2-10,18,21H,11-12H2,1H3,(H,23,26)(H,22,24,25). The Balaban J connectivity index is 1.64. The number of carbonyl (C=O) groups excluding carboxylic acids is 1. The van der Waals surface area contributed by atoms with E-state index in [2.05, 4.69) is 25.2 Å². The molecule has 1 amide bonds. The van der Waals surface area contributed by atoms with Crippen molar-refractivity contribution in [2.45, 2.75) is 24.3 Å². The fraction of sp³-hybridized carbons (Fsp3) is 0.211. The van der Waals surface area contributed by atoms with Gasteiger partial charge in [-0.1, -0.05) is 54.1 Å². The summed E-state index contributed by atoms with van der Waals surface area (Å²) < 4.78 is 27.1. The predicted molar refractivity (Wildman–Crippen MR) is 109 cm³/mol. The van der Waals surface area contributed by atoms with Crippen molar-refractivity contribution < 1.29 is 13.2 Å². The molecule has 2 aromatic carbocycles. The summed E-state index contributed by atoms with van der Waals surface area (Å²) in [6, 6.07) is 14.9. The molecular formula is C19H20ClN5O3S. The molecule has 8 nitrogen and oxygen atoms in total. The normalized spacial score (nSPS) is 12.5. The topological polar surface area (TPSA) is 117 Å². The minimum atomic E-state index is -3.81. The van der Waals surface area contributed by atoms with Crippen LogP contribution in [-0.4, -0.2) is 36.1 Å². The molecule has 0 bridgehead atoms. The number of hydrogen-bond donors (Lipinski definition) is 3. The van der Waals surface area contributed by atoms with Crippen LogP contribution in [0.15, 0.2) is 59.5 Å². The minimum Gasteiger partial charge on any atom is -0.342 e. The van der Waals surface area contributed by atoms with Gasteiger partial charge in [-0.2, -0.15) is 5.10 Å². The number of nitrogens with zero attached hydrogens (tertiary/aromatic N) is 2. The van der Waals surface area contributed by atoms with Crippen LogP contribution in [0.3, 0.4) is 0 Å². The number of nitrogens with one attached hydrogen (secondary N) is 3. The van der Waals surface area contributed by atoms with Crippen molar-refractivity contribution in [2.75, 3.05) is 6.54 Å². The van der Waals surface area contributed by atoms with Crippen molar-refractivity contribution in [1.82, 2.24) is 25.2 Å². The highest BCUT2D eigenvalue weighted by atomic mass is 35.5. The monoisotopic (exact) mass is 433 g/mol. The van der Waals surface area contributed by atoms with Crippen molar-refractivity contribution in [3.8, 4) is 0 Å². The van der Waals surface area contributed by atoms with Crippen molar-refractivity contribution in [3.63, 3.8) is 0 Å². The molecule has 3 rings (SSSR count). The molecule has 0 aliphatic carbocycles. The number of carbonyl (C=O) groups is 1. The zero-order valence-corrected chi connectivity index (χ0v) is 17.2. The Morgan fingerprint density at radius 3 is 2.48 bits per heavy atom. The van der Waals surface area contributed by atoms with E-state index in [1.165, 1.54) is 12.1 Å². The highest BCUT2D eigenvalue weighted by molar-refractivity contribution is 7.89. The second-order valence-electron chi connectivity index (χ2n) is 6.27. The molecule has 0 aliphatic rings. The molecule has 0 radical (unpaired) electrons. The largest absolute Gasteiger partial charge is 0.342 e. The van der Waals surface area contributed by atoms with E-state index in [9.17, 15) is 13.2 Å². The number of sulfonamides is 1. The second kappa shape index (κ2) is 9.17. The fourth-order valence-electron chi connectivity index (χ4n) is 2.70. The smallest absolute Gasteiger partial charge is 0.242 e. The Morgan fingerprint density at radius 1 is 1.14 bits per heavy atom. The van der Waals surface area contributed by atoms with E-state index in [0.717, 1.165) is 5.56 Å². The van der Waals surface area contributed by atoms with Crippen LogP contribution in [-0.2, 0) is 14.8 Å². The van der Waals surface area contributed by atoms with Gasteiger partial charge in [0.1, 0.15) is 16.8 Å². The van der Waals surface area contributed by atoms with Gasteiger partial charge in [0.2, 0.25) is 15.9 Å². The third-order valence-electron chi connectivity index (χ3n) is 4.08. The number of H-pyrrole nitrogens is 1. The number of hydrogen-bond acceptors (Lipinski definition) is 5. The summed E-state index contributed by atoms with van der Waals surface area (Å²) >= 11 is 5.94. The Kier molecular flexibility index (Phi) is 6.63. The van der Waals surface area contributed by atoms with Crippen LogP contribution in [0.4, 0.5) is 0 Å². The third kappa shape index (κ3) is 5.41. The first-order valence-corrected chi connectivity index (χ1v) is 10.7. The van der Waals surface area contributed by atoms with E-state index in [1.54, 1.807) is 19.1 Å². The summed E-state index contributed by atoms with van der Waals surface area (Å²) in [4.78, 5) is 16.7. The number of aromatic amines is 1. The average molecular weight is 434 g/mol. The lowest BCUT2D eigenvalue weighted by atomic mass is 10.1. The number of halogens is 1. The van der Waals surface area contributed by atoms with Gasteiger partial charge in [-0.25, -0.2) is 18.1 Å². The van der Waals surface area contributed by atoms with Crippen LogP contribution >= 0.6 is 11.6 Å². The molecule has 3 N–H and O–H groups in total. The first-order chi connectivity index (χ1) is 13.9. The van der Waals surface area contributed by atoms with Gasteiger partial charge in [-0.15, -0.1) is 0 Å². The molecule has 1 unspecified atom stereocenters. The van der Waals surface area contributed by atoms with Gasteiger partial charge in [-0.3, -0.25) is 9.89 Å². The van der Waals surface area contributed by atoms with Gasteiger partial charge < -0.3 is 5.32 Å². The Bertz CT molecular complexity index is 1090. The van der Waals surface area contributed by atoms with Gasteiger partial charge in [0, 0.05) is 13.0 Å². The molecule has 0 fully saturated rings. The Morgan fingerprint density at radius 2 is 1.83 bits per heavy atom. The SMILES string of the molecule is Cc1nc(C(NC(=O)CCNS(=O)(=O)c2ccccc2Cl)c2ccccc2)n[nH]1. The number of aromatic nitrogens is 3. The second-order valence-corrected chi connectivity index (χ2v) is 8.41. The van der Waals surface area contributed by atoms with Crippen LogP contribution in [0.1, 0.15) is 29.7 Å². The van der Waals surface area contributed by atoms with E-state index < -0.39 is 16.1 Å². The molecule has 1 heterocycles. The summed E-state index contributed by atoms with van der Waals surface area (Å²) in [6.07, 6.45) is -0.0591. The third-order valence-corrected chi connectivity index (χ3v) is 6.04. The number of benzene rings is 2. The van der Waals surface area contributed by atoms with Crippen molar-refractivity contribution in [3.05, 3.63) is 76.8 Å². The Hall–Kier alpha value is -2.75. The quantitative estimate of drug-likeness (QED) is 0.504. The van der Waals surface area contributed by atoms with E-state index >= 15 is 0 Å². The van der Waals surface area contributed by atoms with E-state index in [0.29, 0.717) is 11.6 Å². The summed E-state index contributed by atoms with van der Waals surface area (Å²) in [6.45, 7) is 1.69. The highest BCUT2D eigenvalue weighted by Gasteiger charge is 2.22. The van der Waals surface area contributed by atoms with Crippen LogP contribution in [0.5, 0.6) is 0 Å². The first-order valence-electron chi connectivity index (χ1n) is 8.84. The Labute approximate surface area is 173 Å². The molecule has 0 saturated heterocycles. The van der Waals surface area contributed by atoms with Gasteiger partial charge in [0.15, 0.2) is 5.82 Å². The van der Waals surface area contributed by atoms with E-state index in [4.69, 9.17) is 11.6 Å². The van der Waals surface area contributed by atoms with Crippen LogP contribution in [0.25, 0.3) is 0 Å². The summed E-state index contributed by atoms with van der Waals surface area (Å²) in [5.41, 5.74) is 0.816. The molecule has 3 aromatic rings. The van der Waals surface area contributed by atoms with E-state index in [-0.39, 0.29) is 28.8 Å². The van der Waals surface area contributed by atoms with Gasteiger partial charge in [0.05, 0.1) is 5.02 Å². The van der Waals surface area contributed by atoms with Crippen LogP contribution in [0, 0.1) is 6.92 Å². The first kappa shape index (κ1) is 21.0. The molecule has 0 aliphatic heterocycles. The number of amides is 1. The predicted octanol–water partition coefficient (Wildman–Crippen LogP) is 2.34. The van der Waals surface area contributed by atoms with Crippen molar-refractivity contribution >= 4 is 27.5 Å². The summed E-state index contributed by atoms with van der Waals surface area (Å²) in [7, 11) is -3.81. The highest BCUT2D eigenvalue weighted by Crippen LogP contribution is 2.20. The lowest BCUT2D eigenvalue weighted by Crippen LogP contribution is -2.34. The lowest BCUT2D eigenvalue weighted by Gasteiger charge is -2.16. The minimum absolute atomic E-state index is 0.0274. The number of aryl methyl sites for hydroxylation is 1. The summed E-state index contributed by atoms with van der Waals surface area (Å²) in [5.74, 6) is 0.713. The van der Waals surface area contributed by atoms with Crippen molar-refractivity contribution in [2.24, 2.45) is 0 Å². The van der Waals surface area contributed by atoms with E-state index in [1.807, 2.05) is 30.3 Å². The maximum Gasteiger partial charge on any atom is 0.242 e. The fourth-order valence-corrected chi connectivity index (χ4v) is 4.25. The zero-order chi connectivity index (χ0) is 20.9. The van der Waals surface area contributed by atoms with Crippen LogP contribution in [0.2, 0.25) is 5.02 Å². The zero-order valence-electron chi connectivity index (χ0n) is 15.6. The van der Waals surface area contributed by atoms with Crippen LogP contribution < -0.4 is 10.0 Å². The van der Waals surface area contributed by atoms with Crippen molar-refractivity contribution in [1.29, 1.82) is 0 Å². The number of rotatable bonds is 8. The maximum absolute atomic E-state index is 12.5. The molecule has 0 spiro atoms. The molecule has 1 atom stereocenters. The van der Waals surface area contributed by atoms with Gasteiger partial charge in [-0.05, 0) is 24.6 Å². The maximum atomic E-state index is 12.5. The molecule has 10 heteroatoms. The molecule has 152 valence electrons. The molecule has 29 heavy (non-hydrogen) atoms. The van der Waals surface area contributed by atoms with Gasteiger partial charge >= 0.3 is 0 Å². The lowest BCUT2D eigenvalue weighted by molar-refractivity contribution is -0.121.